The average Bonchev–Trinajstić information content (AvgIpc) is 2.98. The second-order valence-corrected chi connectivity index (χ2v) is 5.47. The van der Waals surface area contributed by atoms with Gasteiger partial charge in [-0.1, -0.05) is 15.9 Å². The van der Waals surface area contributed by atoms with E-state index in [0.29, 0.717) is 11.3 Å². The first kappa shape index (κ1) is 14.6. The number of carbonyl (C=O) groups is 1. The molecule has 1 aromatic carbocycles. The molecule has 1 fully saturated rings. The van der Waals surface area contributed by atoms with Crippen molar-refractivity contribution in [1.29, 1.82) is 5.26 Å². The summed E-state index contributed by atoms with van der Waals surface area (Å²) in [5.74, 6) is 0.433. The highest BCUT2D eigenvalue weighted by molar-refractivity contribution is 9.10. The van der Waals surface area contributed by atoms with Crippen LogP contribution in [0.15, 0.2) is 28.2 Å². The van der Waals surface area contributed by atoms with Crippen molar-refractivity contribution in [3.8, 4) is 11.8 Å². The van der Waals surface area contributed by atoms with E-state index in [2.05, 4.69) is 15.9 Å². The Morgan fingerprint density at radius 3 is 2.75 bits per heavy atom. The summed E-state index contributed by atoms with van der Waals surface area (Å²) in [6.45, 7) is 1.46. The monoisotopic (exact) mass is 334 g/mol. The molecule has 0 atom stereocenters. The van der Waals surface area contributed by atoms with Gasteiger partial charge in [-0.15, -0.1) is 0 Å². The molecule has 4 nitrogen and oxygen atoms in total. The minimum atomic E-state index is -0.202. The lowest BCUT2D eigenvalue weighted by Gasteiger charge is -2.14. The van der Waals surface area contributed by atoms with Crippen molar-refractivity contribution in [2.24, 2.45) is 0 Å². The van der Waals surface area contributed by atoms with Crippen LogP contribution in [-0.2, 0) is 4.79 Å². The van der Waals surface area contributed by atoms with Crippen LogP contribution < -0.4 is 4.74 Å². The van der Waals surface area contributed by atoms with Crippen LogP contribution in [0, 0.1) is 11.3 Å². The van der Waals surface area contributed by atoms with Gasteiger partial charge in [0.15, 0.2) is 0 Å². The summed E-state index contributed by atoms with van der Waals surface area (Å²) in [7, 11) is 1.56. The molecule has 1 amide bonds. The highest BCUT2D eigenvalue weighted by atomic mass is 79.9. The van der Waals surface area contributed by atoms with Gasteiger partial charge >= 0.3 is 0 Å². The van der Waals surface area contributed by atoms with Crippen LogP contribution in [-0.4, -0.2) is 31.0 Å². The lowest BCUT2D eigenvalue weighted by Crippen LogP contribution is -2.28. The van der Waals surface area contributed by atoms with Crippen molar-refractivity contribution in [1.82, 2.24) is 4.90 Å². The molecule has 5 heteroatoms. The number of halogens is 1. The smallest absolute Gasteiger partial charge is 0.264 e. The van der Waals surface area contributed by atoms with E-state index in [0.717, 1.165) is 30.4 Å². The third-order valence-electron chi connectivity index (χ3n) is 3.24. The summed E-state index contributed by atoms with van der Waals surface area (Å²) in [4.78, 5) is 14.0. The maximum Gasteiger partial charge on any atom is 0.264 e. The lowest BCUT2D eigenvalue weighted by atomic mass is 10.1. The quantitative estimate of drug-likeness (QED) is 0.630. The number of carbonyl (C=O) groups excluding carboxylic acids is 1. The van der Waals surface area contributed by atoms with Gasteiger partial charge in [0, 0.05) is 23.1 Å². The number of benzene rings is 1. The number of likely N-dealkylation sites (tertiary alicyclic amines) is 1. The summed E-state index contributed by atoms with van der Waals surface area (Å²) in [5.41, 5.74) is 0.856. The molecule has 1 aliphatic rings. The molecular formula is C15H15BrN2O2. The zero-order valence-electron chi connectivity index (χ0n) is 11.2. The second kappa shape index (κ2) is 6.58. The number of nitriles is 1. The topological polar surface area (TPSA) is 53.3 Å². The molecule has 0 bridgehead atoms. The highest BCUT2D eigenvalue weighted by Crippen LogP contribution is 2.25. The van der Waals surface area contributed by atoms with Crippen LogP contribution in [0.3, 0.4) is 0 Å². The highest BCUT2D eigenvalue weighted by Gasteiger charge is 2.21. The lowest BCUT2D eigenvalue weighted by molar-refractivity contribution is -0.125. The Morgan fingerprint density at radius 1 is 1.45 bits per heavy atom. The number of rotatable bonds is 3. The Bertz CT molecular complexity index is 584. The zero-order valence-corrected chi connectivity index (χ0v) is 12.8. The van der Waals surface area contributed by atoms with Gasteiger partial charge in [0.25, 0.3) is 5.91 Å². The molecule has 1 aliphatic heterocycles. The Balaban J connectivity index is 2.33. The van der Waals surface area contributed by atoms with Crippen molar-refractivity contribution in [2.45, 2.75) is 12.8 Å². The summed E-state index contributed by atoms with van der Waals surface area (Å²) in [6.07, 6.45) is 3.60. The number of amides is 1. The van der Waals surface area contributed by atoms with E-state index in [4.69, 9.17) is 4.74 Å². The number of nitrogens with zero attached hydrogens (tertiary/aromatic N) is 2. The fourth-order valence-electron chi connectivity index (χ4n) is 2.21. The molecule has 1 saturated heterocycles. The fraction of sp³-hybridized carbons (Fsp3) is 0.333. The van der Waals surface area contributed by atoms with Crippen LogP contribution in [0.5, 0.6) is 5.75 Å². The van der Waals surface area contributed by atoms with E-state index in [-0.39, 0.29) is 11.5 Å². The first-order valence-electron chi connectivity index (χ1n) is 6.40. The molecule has 0 unspecified atom stereocenters. The molecule has 2 rings (SSSR count). The van der Waals surface area contributed by atoms with Crippen molar-refractivity contribution < 1.29 is 9.53 Å². The maximum absolute atomic E-state index is 12.2. The molecule has 0 aromatic heterocycles. The number of hydrogen-bond donors (Lipinski definition) is 0. The summed E-state index contributed by atoms with van der Waals surface area (Å²) in [6, 6.07) is 7.47. The van der Waals surface area contributed by atoms with Crippen LogP contribution >= 0.6 is 15.9 Å². The minimum Gasteiger partial charge on any atom is -0.496 e. The average molecular weight is 335 g/mol. The van der Waals surface area contributed by atoms with E-state index in [1.54, 1.807) is 24.2 Å². The van der Waals surface area contributed by atoms with Crippen molar-refractivity contribution >= 4 is 27.9 Å². The van der Waals surface area contributed by atoms with Crippen LogP contribution in [0.1, 0.15) is 18.4 Å². The van der Waals surface area contributed by atoms with Crippen LogP contribution in [0.2, 0.25) is 0 Å². The number of methoxy groups -OCH3 is 1. The first-order chi connectivity index (χ1) is 9.65. The maximum atomic E-state index is 12.2. The number of ether oxygens (including phenoxy) is 1. The van der Waals surface area contributed by atoms with E-state index in [1.807, 2.05) is 18.2 Å². The van der Waals surface area contributed by atoms with Gasteiger partial charge in [0.05, 0.1) is 7.11 Å². The first-order valence-corrected chi connectivity index (χ1v) is 7.19. The normalized spacial score (nSPS) is 15.1. The van der Waals surface area contributed by atoms with Gasteiger partial charge in [0.2, 0.25) is 0 Å². The largest absolute Gasteiger partial charge is 0.496 e. The van der Waals surface area contributed by atoms with Crippen molar-refractivity contribution in [2.75, 3.05) is 20.2 Å². The number of hydrogen-bond acceptors (Lipinski definition) is 3. The van der Waals surface area contributed by atoms with Gasteiger partial charge in [0.1, 0.15) is 17.4 Å². The molecule has 104 valence electrons. The third kappa shape index (κ3) is 3.20. The zero-order chi connectivity index (χ0) is 14.5. The van der Waals surface area contributed by atoms with E-state index >= 15 is 0 Å². The molecule has 20 heavy (non-hydrogen) atoms. The predicted molar refractivity (Wildman–Crippen MR) is 80.1 cm³/mol. The second-order valence-electron chi connectivity index (χ2n) is 4.56. The van der Waals surface area contributed by atoms with Crippen molar-refractivity contribution in [3.05, 3.63) is 33.8 Å². The van der Waals surface area contributed by atoms with E-state index in [1.165, 1.54) is 0 Å². The molecule has 0 radical (unpaired) electrons. The fourth-order valence-corrected chi connectivity index (χ4v) is 2.58. The Labute approximate surface area is 126 Å². The molecule has 0 aliphatic carbocycles. The molecular weight excluding hydrogens is 320 g/mol. The molecule has 0 spiro atoms. The Kier molecular flexibility index (Phi) is 4.80. The van der Waals surface area contributed by atoms with Crippen LogP contribution in [0.4, 0.5) is 0 Å². The van der Waals surface area contributed by atoms with Crippen molar-refractivity contribution in [3.63, 3.8) is 0 Å². The summed E-state index contributed by atoms with van der Waals surface area (Å²) >= 11 is 3.38. The SMILES string of the molecule is COc1ccc(Br)cc1/C=C(/C#N)C(=O)N1CCCC1. The van der Waals surface area contributed by atoms with Gasteiger partial charge in [-0.05, 0) is 37.1 Å². The predicted octanol–water partition coefficient (Wildman–Crippen LogP) is 2.99. The van der Waals surface area contributed by atoms with E-state index in [9.17, 15) is 10.1 Å². The molecule has 0 saturated carbocycles. The Morgan fingerprint density at radius 2 is 2.15 bits per heavy atom. The van der Waals surface area contributed by atoms with Gasteiger partial charge in [-0.25, -0.2) is 0 Å². The van der Waals surface area contributed by atoms with Gasteiger partial charge in [-0.2, -0.15) is 5.26 Å². The third-order valence-corrected chi connectivity index (χ3v) is 3.73. The Hall–Kier alpha value is -1.80. The molecule has 1 aromatic rings. The standard InChI is InChI=1S/C15H15BrN2O2/c1-20-14-5-4-13(16)9-11(14)8-12(10-17)15(19)18-6-2-3-7-18/h4-5,8-9H,2-3,6-7H2,1H3/b12-8-. The van der Waals surface area contributed by atoms with Gasteiger partial charge < -0.3 is 9.64 Å². The minimum absolute atomic E-state index is 0.142. The van der Waals surface area contributed by atoms with Gasteiger partial charge in [-0.3, -0.25) is 4.79 Å². The summed E-state index contributed by atoms with van der Waals surface area (Å²) < 4.78 is 6.12. The van der Waals surface area contributed by atoms with Crippen LogP contribution in [0.25, 0.3) is 6.08 Å². The van der Waals surface area contributed by atoms with E-state index < -0.39 is 0 Å². The molecule has 0 N–H and O–H groups in total. The summed E-state index contributed by atoms with van der Waals surface area (Å²) in [5, 5.41) is 9.23. The molecule has 1 heterocycles.